The van der Waals surface area contributed by atoms with E-state index in [1.54, 1.807) is 0 Å². The van der Waals surface area contributed by atoms with Gasteiger partial charge in [-0.1, -0.05) is 158 Å². The zero-order chi connectivity index (χ0) is 34.4. The molecule has 0 aliphatic rings. The average molecular weight is 663 g/mol. The Balaban J connectivity index is 1.10. The number of anilines is 3. The van der Waals surface area contributed by atoms with Crippen LogP contribution in [0.25, 0.3) is 71.3 Å². The van der Waals surface area contributed by atoms with Gasteiger partial charge in [0.25, 0.3) is 0 Å². The lowest BCUT2D eigenvalue weighted by molar-refractivity contribution is 1.19. The van der Waals surface area contributed by atoms with Crippen LogP contribution in [0.4, 0.5) is 17.1 Å². The number of hydrogen-bond donors (Lipinski definition) is 0. The van der Waals surface area contributed by atoms with Gasteiger partial charge in [0, 0.05) is 38.8 Å². The predicted molar refractivity (Wildman–Crippen MR) is 221 cm³/mol. The lowest BCUT2D eigenvalue weighted by Crippen LogP contribution is -2.11. The highest BCUT2D eigenvalue weighted by molar-refractivity contribution is 6.18. The van der Waals surface area contributed by atoms with Gasteiger partial charge in [-0.3, -0.25) is 0 Å². The number of benzene rings is 9. The molecule has 0 saturated heterocycles. The van der Waals surface area contributed by atoms with Crippen LogP contribution in [0, 0.1) is 0 Å². The van der Waals surface area contributed by atoms with Crippen molar-refractivity contribution in [3.63, 3.8) is 0 Å². The van der Waals surface area contributed by atoms with E-state index in [9.17, 15) is 0 Å². The minimum absolute atomic E-state index is 1.10. The first-order valence-electron chi connectivity index (χ1n) is 17.9. The average Bonchev–Trinajstić information content (AvgIpc) is 3.57. The summed E-state index contributed by atoms with van der Waals surface area (Å²) in [6.07, 6.45) is 0. The van der Waals surface area contributed by atoms with E-state index in [0.717, 1.165) is 22.7 Å². The lowest BCUT2D eigenvalue weighted by atomic mass is 10.0. The summed E-state index contributed by atoms with van der Waals surface area (Å²) in [7, 11) is 0. The Morgan fingerprint density at radius 3 is 1.87 bits per heavy atom. The fraction of sp³-hybridized carbons (Fsp3) is 0. The largest absolute Gasteiger partial charge is 0.310 e. The topological polar surface area (TPSA) is 8.17 Å². The van der Waals surface area contributed by atoms with Crippen LogP contribution in [0.5, 0.6) is 0 Å². The number of rotatable bonds is 6. The van der Waals surface area contributed by atoms with E-state index in [1.165, 1.54) is 65.6 Å². The molecule has 10 rings (SSSR count). The van der Waals surface area contributed by atoms with Crippen molar-refractivity contribution in [2.45, 2.75) is 0 Å². The number of hydrogen-bond acceptors (Lipinski definition) is 1. The standard InChI is InChI=1S/C50H34N2/c1-2-14-37(15-3-1)44-20-8-10-23-48(44)51(43-31-27-35-13-4-5-17-39(35)34-43)41-29-25-36(26-30-41)40-18-12-19-42(33-40)52-49-24-11-9-22-46(49)47-32-28-38-16-6-7-21-45(38)50(47)52/h1-34H. The maximum Gasteiger partial charge on any atom is 0.0619 e. The highest BCUT2D eigenvalue weighted by Gasteiger charge is 2.19. The number of fused-ring (bicyclic) bond motifs is 6. The van der Waals surface area contributed by atoms with Crippen LogP contribution in [0.3, 0.4) is 0 Å². The van der Waals surface area contributed by atoms with Crippen molar-refractivity contribution < 1.29 is 0 Å². The van der Waals surface area contributed by atoms with Gasteiger partial charge in [0.15, 0.2) is 0 Å². The Kier molecular flexibility index (Phi) is 7.18. The summed E-state index contributed by atoms with van der Waals surface area (Å²) in [5.41, 5.74) is 11.7. The molecule has 0 amide bonds. The SMILES string of the molecule is c1ccc(-c2ccccc2N(c2ccc(-c3cccc(-n4c5ccccc5c5ccc6ccccc6c54)c3)cc2)c2ccc3ccccc3c2)cc1. The van der Waals surface area contributed by atoms with Gasteiger partial charge in [-0.05, 0) is 81.4 Å². The second-order valence-electron chi connectivity index (χ2n) is 13.4. The predicted octanol–water partition coefficient (Wildman–Crippen LogP) is 13.9. The molecule has 9 aromatic carbocycles. The monoisotopic (exact) mass is 662 g/mol. The third-order valence-electron chi connectivity index (χ3n) is 10.3. The molecule has 2 heteroatoms. The Bertz CT molecular complexity index is 2900. The molecule has 0 aliphatic heterocycles. The molecule has 52 heavy (non-hydrogen) atoms. The number of nitrogens with zero attached hydrogens (tertiary/aromatic N) is 2. The molecule has 244 valence electrons. The maximum atomic E-state index is 2.44. The first kappa shape index (κ1) is 30.0. The van der Waals surface area contributed by atoms with Crippen molar-refractivity contribution in [1.29, 1.82) is 0 Å². The van der Waals surface area contributed by atoms with E-state index in [2.05, 4.69) is 216 Å². The van der Waals surface area contributed by atoms with Crippen LogP contribution < -0.4 is 4.90 Å². The van der Waals surface area contributed by atoms with Crippen molar-refractivity contribution in [2.24, 2.45) is 0 Å². The van der Waals surface area contributed by atoms with Crippen LogP contribution in [0.2, 0.25) is 0 Å². The van der Waals surface area contributed by atoms with Crippen molar-refractivity contribution in [3.8, 4) is 27.9 Å². The summed E-state index contributed by atoms with van der Waals surface area (Å²) in [6.45, 7) is 0. The zero-order valence-electron chi connectivity index (χ0n) is 28.5. The van der Waals surface area contributed by atoms with Gasteiger partial charge < -0.3 is 9.47 Å². The van der Waals surface area contributed by atoms with Crippen LogP contribution in [0.1, 0.15) is 0 Å². The smallest absolute Gasteiger partial charge is 0.0619 e. The van der Waals surface area contributed by atoms with E-state index in [-0.39, 0.29) is 0 Å². The van der Waals surface area contributed by atoms with Gasteiger partial charge in [0.1, 0.15) is 0 Å². The summed E-state index contributed by atoms with van der Waals surface area (Å²) in [6, 6.07) is 74.7. The van der Waals surface area contributed by atoms with Crippen molar-refractivity contribution >= 4 is 60.4 Å². The Morgan fingerprint density at radius 2 is 1.00 bits per heavy atom. The summed E-state index contributed by atoms with van der Waals surface area (Å²) in [4.78, 5) is 2.39. The fourth-order valence-corrected chi connectivity index (χ4v) is 7.90. The molecule has 0 fully saturated rings. The molecule has 0 spiro atoms. The highest BCUT2D eigenvalue weighted by Crippen LogP contribution is 2.42. The first-order valence-corrected chi connectivity index (χ1v) is 17.9. The molecule has 10 aromatic rings. The van der Waals surface area contributed by atoms with Crippen molar-refractivity contribution in [1.82, 2.24) is 4.57 Å². The van der Waals surface area contributed by atoms with E-state index < -0.39 is 0 Å². The molecule has 1 aromatic heterocycles. The van der Waals surface area contributed by atoms with E-state index in [1.807, 2.05) is 0 Å². The molecular weight excluding hydrogens is 629 g/mol. The Hall–Kier alpha value is -6.90. The molecule has 0 saturated carbocycles. The normalized spacial score (nSPS) is 11.5. The summed E-state index contributed by atoms with van der Waals surface area (Å²) in [5, 5.41) is 7.49. The molecule has 0 N–H and O–H groups in total. The highest BCUT2D eigenvalue weighted by atomic mass is 15.1. The molecule has 2 nitrogen and oxygen atoms in total. The molecule has 0 unspecified atom stereocenters. The molecule has 0 aliphatic carbocycles. The minimum atomic E-state index is 1.10. The molecular formula is C50H34N2. The molecule has 1 heterocycles. The van der Waals surface area contributed by atoms with Gasteiger partial charge in [-0.2, -0.15) is 0 Å². The maximum absolute atomic E-state index is 2.44. The van der Waals surface area contributed by atoms with Crippen LogP contribution >= 0.6 is 0 Å². The third kappa shape index (κ3) is 5.04. The van der Waals surface area contributed by atoms with E-state index >= 15 is 0 Å². The van der Waals surface area contributed by atoms with Crippen LogP contribution in [-0.2, 0) is 0 Å². The molecule has 0 bridgehead atoms. The first-order chi connectivity index (χ1) is 25.8. The second-order valence-corrected chi connectivity index (χ2v) is 13.4. The van der Waals surface area contributed by atoms with E-state index in [0.29, 0.717) is 0 Å². The zero-order valence-corrected chi connectivity index (χ0v) is 28.5. The van der Waals surface area contributed by atoms with Crippen molar-refractivity contribution in [2.75, 3.05) is 4.90 Å². The fourth-order valence-electron chi connectivity index (χ4n) is 7.90. The van der Waals surface area contributed by atoms with Gasteiger partial charge in [0.05, 0.1) is 16.7 Å². The lowest BCUT2D eigenvalue weighted by Gasteiger charge is -2.28. The minimum Gasteiger partial charge on any atom is -0.310 e. The molecule has 0 atom stereocenters. The van der Waals surface area contributed by atoms with Gasteiger partial charge in [0.2, 0.25) is 0 Å². The Morgan fingerprint density at radius 1 is 0.346 bits per heavy atom. The summed E-state index contributed by atoms with van der Waals surface area (Å²) >= 11 is 0. The van der Waals surface area contributed by atoms with E-state index in [4.69, 9.17) is 0 Å². The quantitative estimate of drug-likeness (QED) is 0.172. The van der Waals surface area contributed by atoms with Gasteiger partial charge in [-0.15, -0.1) is 0 Å². The van der Waals surface area contributed by atoms with Crippen LogP contribution in [-0.4, -0.2) is 4.57 Å². The summed E-state index contributed by atoms with van der Waals surface area (Å²) < 4.78 is 2.44. The number of aromatic nitrogens is 1. The van der Waals surface area contributed by atoms with Gasteiger partial charge in [-0.25, -0.2) is 0 Å². The third-order valence-corrected chi connectivity index (χ3v) is 10.3. The Labute approximate surface area is 303 Å². The second kappa shape index (κ2) is 12.5. The van der Waals surface area contributed by atoms with Crippen LogP contribution in [0.15, 0.2) is 206 Å². The van der Waals surface area contributed by atoms with Gasteiger partial charge >= 0.3 is 0 Å². The summed E-state index contributed by atoms with van der Waals surface area (Å²) in [5.74, 6) is 0. The van der Waals surface area contributed by atoms with Crippen molar-refractivity contribution in [3.05, 3.63) is 206 Å². The number of para-hydroxylation sites is 2. The molecule has 0 radical (unpaired) electrons.